The zero-order valence-electron chi connectivity index (χ0n) is 20.4. The van der Waals surface area contributed by atoms with Crippen LogP contribution in [0.2, 0.25) is 0 Å². The van der Waals surface area contributed by atoms with Crippen molar-refractivity contribution in [1.82, 2.24) is 0 Å². The molecule has 0 aromatic carbocycles. The zero-order chi connectivity index (χ0) is 24.6. The fraction of sp³-hybridized carbons (Fsp3) is 0.630. The Hall–Kier alpha value is -2.70. The number of esters is 2. The van der Waals surface area contributed by atoms with Gasteiger partial charge in [-0.15, -0.1) is 0 Å². The fourth-order valence-corrected chi connectivity index (χ4v) is 7.93. The van der Waals surface area contributed by atoms with E-state index >= 15 is 0 Å². The number of rotatable bonds is 3. The summed E-state index contributed by atoms with van der Waals surface area (Å²) in [5.74, 6) is -2.39. The zero-order valence-corrected chi connectivity index (χ0v) is 20.4. The normalized spacial score (nSPS) is 40.6. The lowest BCUT2D eigenvalue weighted by molar-refractivity contribution is -0.182. The molecule has 4 aliphatic rings. The van der Waals surface area contributed by atoms with Crippen LogP contribution in [0.25, 0.3) is 0 Å². The van der Waals surface area contributed by atoms with Gasteiger partial charge < -0.3 is 13.9 Å². The van der Waals surface area contributed by atoms with E-state index in [0.29, 0.717) is 6.42 Å². The minimum absolute atomic E-state index is 0.0173. The molecule has 1 aromatic heterocycles. The lowest BCUT2D eigenvalue weighted by Crippen LogP contribution is -2.66. The van der Waals surface area contributed by atoms with E-state index in [4.69, 9.17) is 13.9 Å². The standard InChI is InChI=1S/C27H32O7/c1-25(2)19(12-20(28)32-5)27(4)17-6-8-26(3)18(15(17)10-16(22(25)30)23(27)31)11-21(29)34-24(26)14-7-9-33-13-14/h7,9,11,13,15-17,19,24H,6,8,10,12H2,1-5H3/t15-,16+,17-,19+,24+,26+,27+/m0/s1. The van der Waals surface area contributed by atoms with Crippen molar-refractivity contribution in [1.29, 1.82) is 0 Å². The van der Waals surface area contributed by atoms with Crippen LogP contribution < -0.4 is 0 Å². The summed E-state index contributed by atoms with van der Waals surface area (Å²) in [5.41, 5.74) is -0.390. The quantitative estimate of drug-likeness (QED) is 0.484. The number of hydrogen-bond donors (Lipinski definition) is 0. The van der Waals surface area contributed by atoms with Crippen LogP contribution in [-0.4, -0.2) is 30.6 Å². The van der Waals surface area contributed by atoms with Gasteiger partial charge in [0.15, 0.2) is 0 Å². The predicted octanol–water partition coefficient (Wildman–Crippen LogP) is 4.22. The van der Waals surface area contributed by atoms with Crippen LogP contribution in [0.5, 0.6) is 0 Å². The van der Waals surface area contributed by atoms with Crippen molar-refractivity contribution in [3.8, 4) is 0 Å². The first-order chi connectivity index (χ1) is 16.0. The Morgan fingerprint density at radius 3 is 2.53 bits per heavy atom. The highest BCUT2D eigenvalue weighted by Gasteiger charge is 2.69. The minimum Gasteiger partial charge on any atom is -0.472 e. The van der Waals surface area contributed by atoms with Crippen LogP contribution in [0.15, 0.2) is 34.7 Å². The smallest absolute Gasteiger partial charge is 0.331 e. The van der Waals surface area contributed by atoms with E-state index in [0.717, 1.165) is 24.0 Å². The maximum atomic E-state index is 13.8. The van der Waals surface area contributed by atoms with Crippen LogP contribution >= 0.6 is 0 Å². The highest BCUT2D eigenvalue weighted by molar-refractivity contribution is 6.11. The molecule has 1 aromatic rings. The lowest BCUT2D eigenvalue weighted by atomic mass is 9.39. The number of carbonyl (C=O) groups excluding carboxylic acids is 4. The Morgan fingerprint density at radius 1 is 1.15 bits per heavy atom. The monoisotopic (exact) mass is 468 g/mol. The second-order valence-electron chi connectivity index (χ2n) is 11.5. The predicted molar refractivity (Wildman–Crippen MR) is 120 cm³/mol. The molecule has 0 radical (unpaired) electrons. The third kappa shape index (κ3) is 2.88. The third-order valence-corrected chi connectivity index (χ3v) is 9.70. The molecule has 34 heavy (non-hydrogen) atoms. The summed E-state index contributed by atoms with van der Waals surface area (Å²) in [4.78, 5) is 52.6. The SMILES string of the molecule is COC(=O)C[C@@H]1C(C)(C)C(=O)[C@H]2C[C@@H]3C4=CC(=O)O[C@H](c5ccoc5)[C@]4(C)CC[C@@H]3[C@@]1(C)C2=O. The third-order valence-electron chi connectivity index (χ3n) is 9.70. The second kappa shape index (κ2) is 7.40. The summed E-state index contributed by atoms with van der Waals surface area (Å²) in [6.07, 6.45) is 6.16. The number of Topliss-reactive ketones (excluding diaryl/α,β-unsaturated/α-hetero) is 2. The molecule has 7 atom stereocenters. The van der Waals surface area contributed by atoms with Crippen molar-refractivity contribution in [3.63, 3.8) is 0 Å². The lowest BCUT2D eigenvalue weighted by Gasteiger charge is -2.63. The van der Waals surface area contributed by atoms with E-state index in [-0.39, 0.29) is 29.8 Å². The molecular weight excluding hydrogens is 436 g/mol. The average Bonchev–Trinajstić information content (AvgIpc) is 3.32. The van der Waals surface area contributed by atoms with Crippen molar-refractivity contribution in [2.75, 3.05) is 7.11 Å². The Bertz CT molecular complexity index is 1100. The molecule has 3 aliphatic carbocycles. The average molecular weight is 469 g/mol. The maximum Gasteiger partial charge on any atom is 0.331 e. The van der Waals surface area contributed by atoms with Crippen LogP contribution in [0, 0.1) is 39.9 Å². The van der Waals surface area contributed by atoms with Crippen molar-refractivity contribution in [3.05, 3.63) is 35.8 Å². The number of ketones is 2. The second-order valence-corrected chi connectivity index (χ2v) is 11.5. The first-order valence-electron chi connectivity index (χ1n) is 12.1. The van der Waals surface area contributed by atoms with E-state index in [1.807, 2.05) is 26.8 Å². The van der Waals surface area contributed by atoms with Gasteiger partial charge in [-0.3, -0.25) is 14.4 Å². The summed E-state index contributed by atoms with van der Waals surface area (Å²) >= 11 is 0. The molecule has 3 fully saturated rings. The number of ether oxygens (including phenoxy) is 2. The molecule has 2 heterocycles. The largest absolute Gasteiger partial charge is 0.472 e. The molecule has 0 spiro atoms. The Kier molecular flexibility index (Phi) is 5.02. The molecule has 182 valence electrons. The van der Waals surface area contributed by atoms with Crippen LogP contribution in [-0.2, 0) is 28.7 Å². The molecule has 0 N–H and O–H groups in total. The van der Waals surface area contributed by atoms with Gasteiger partial charge in [0, 0.05) is 27.9 Å². The van der Waals surface area contributed by atoms with Crippen molar-refractivity contribution >= 4 is 23.5 Å². The topological polar surface area (TPSA) is 99.9 Å². The van der Waals surface area contributed by atoms with Crippen LogP contribution in [0.3, 0.4) is 0 Å². The molecule has 0 amide bonds. The van der Waals surface area contributed by atoms with E-state index in [1.54, 1.807) is 18.6 Å². The molecule has 1 aliphatic heterocycles. The van der Waals surface area contributed by atoms with E-state index in [9.17, 15) is 19.2 Å². The molecule has 5 rings (SSSR count). The summed E-state index contributed by atoms with van der Waals surface area (Å²) in [6, 6.07) is 1.82. The number of methoxy groups -OCH3 is 1. The number of fused-ring (bicyclic) bond motifs is 6. The molecule has 0 unspecified atom stereocenters. The summed E-state index contributed by atoms with van der Waals surface area (Å²) in [7, 11) is 1.33. The van der Waals surface area contributed by atoms with E-state index in [1.165, 1.54) is 7.11 Å². The Balaban J connectivity index is 1.62. The van der Waals surface area contributed by atoms with Gasteiger partial charge in [0.2, 0.25) is 0 Å². The van der Waals surface area contributed by atoms with Gasteiger partial charge in [-0.1, -0.05) is 27.7 Å². The summed E-state index contributed by atoms with van der Waals surface area (Å²) < 4.78 is 16.0. The van der Waals surface area contributed by atoms with Crippen LogP contribution in [0.1, 0.15) is 65.0 Å². The fourth-order valence-electron chi connectivity index (χ4n) is 7.93. The number of hydrogen-bond acceptors (Lipinski definition) is 7. The highest BCUT2D eigenvalue weighted by Crippen LogP contribution is 2.68. The van der Waals surface area contributed by atoms with Gasteiger partial charge in [0.05, 0.1) is 32.0 Å². The number of furan rings is 1. The minimum atomic E-state index is -0.867. The van der Waals surface area contributed by atoms with Gasteiger partial charge in [-0.25, -0.2) is 4.79 Å². The molecule has 7 heteroatoms. The Morgan fingerprint density at radius 2 is 1.88 bits per heavy atom. The molecule has 2 bridgehead atoms. The van der Waals surface area contributed by atoms with Gasteiger partial charge >= 0.3 is 11.9 Å². The van der Waals surface area contributed by atoms with Crippen LogP contribution in [0.4, 0.5) is 0 Å². The number of cyclic esters (lactones) is 1. The first kappa shape index (κ1) is 23.1. The van der Waals surface area contributed by atoms with Crippen molar-refractivity contribution < 1.29 is 33.1 Å². The Labute approximate surface area is 199 Å². The summed E-state index contributed by atoms with van der Waals surface area (Å²) in [6.45, 7) is 7.77. The van der Waals surface area contributed by atoms with Gasteiger partial charge in [0.25, 0.3) is 0 Å². The van der Waals surface area contributed by atoms with Crippen molar-refractivity contribution in [2.24, 2.45) is 39.9 Å². The molecular formula is C27H32O7. The molecule has 3 saturated carbocycles. The van der Waals surface area contributed by atoms with E-state index < -0.39 is 46.1 Å². The van der Waals surface area contributed by atoms with Gasteiger partial charge in [-0.2, -0.15) is 0 Å². The number of carbonyl (C=O) groups is 4. The first-order valence-corrected chi connectivity index (χ1v) is 12.1. The van der Waals surface area contributed by atoms with Crippen molar-refractivity contribution in [2.45, 2.75) is 59.5 Å². The molecule has 7 nitrogen and oxygen atoms in total. The van der Waals surface area contributed by atoms with Gasteiger partial charge in [-0.05, 0) is 48.7 Å². The van der Waals surface area contributed by atoms with Gasteiger partial charge in [0.1, 0.15) is 17.7 Å². The maximum absolute atomic E-state index is 13.8. The highest BCUT2D eigenvalue weighted by atomic mass is 16.5. The summed E-state index contributed by atoms with van der Waals surface area (Å²) in [5, 5.41) is 0. The van der Waals surface area contributed by atoms with E-state index in [2.05, 4.69) is 6.92 Å². The molecule has 0 saturated heterocycles.